The molecule has 0 heteroatoms. The van der Waals surface area contributed by atoms with Crippen LogP contribution in [-0.4, -0.2) is 0 Å². The molecule has 2 atom stereocenters. The molecule has 2 aliphatic rings. The summed E-state index contributed by atoms with van der Waals surface area (Å²) in [5, 5.41) is 0. The predicted octanol–water partition coefficient (Wildman–Crippen LogP) is 3.48. The molecular formula is C12H16. The second-order valence-electron chi connectivity index (χ2n) is 3.79. The van der Waals surface area contributed by atoms with Gasteiger partial charge in [-0.3, -0.25) is 0 Å². The Hall–Kier alpha value is -0.780. The summed E-state index contributed by atoms with van der Waals surface area (Å²) < 4.78 is 0. The van der Waals surface area contributed by atoms with Crippen molar-refractivity contribution in [3.05, 3.63) is 36.0 Å². The third-order valence-corrected chi connectivity index (χ3v) is 2.99. The molecule has 64 valence electrons. The van der Waals surface area contributed by atoms with Gasteiger partial charge in [0, 0.05) is 0 Å². The summed E-state index contributed by atoms with van der Waals surface area (Å²) in [6, 6.07) is 0. The highest BCUT2D eigenvalue weighted by atomic mass is 14.2. The summed E-state index contributed by atoms with van der Waals surface area (Å²) in [5.41, 5.74) is 1.54. The van der Waals surface area contributed by atoms with Crippen LogP contribution in [0.15, 0.2) is 36.0 Å². The lowest BCUT2D eigenvalue weighted by Gasteiger charge is -2.27. The van der Waals surface area contributed by atoms with E-state index in [2.05, 4.69) is 37.3 Å². The lowest BCUT2D eigenvalue weighted by molar-refractivity contribution is 0.446. The molecule has 0 bridgehead atoms. The van der Waals surface area contributed by atoms with Crippen LogP contribution in [0.4, 0.5) is 0 Å². The van der Waals surface area contributed by atoms with Crippen molar-refractivity contribution in [2.45, 2.75) is 26.2 Å². The first kappa shape index (κ1) is 7.85. The Balaban J connectivity index is 2.16. The van der Waals surface area contributed by atoms with Gasteiger partial charge in [0.2, 0.25) is 0 Å². The molecule has 0 fully saturated rings. The molecule has 0 amide bonds. The Morgan fingerprint density at radius 2 is 2.42 bits per heavy atom. The molecule has 2 unspecified atom stereocenters. The minimum Gasteiger partial charge on any atom is -0.0839 e. The van der Waals surface area contributed by atoms with E-state index in [-0.39, 0.29) is 0 Å². The third-order valence-electron chi connectivity index (χ3n) is 2.99. The van der Waals surface area contributed by atoms with Crippen molar-refractivity contribution in [1.29, 1.82) is 0 Å². The van der Waals surface area contributed by atoms with Crippen LogP contribution in [0.2, 0.25) is 0 Å². The number of rotatable bonds is 1. The fourth-order valence-electron chi connectivity index (χ4n) is 2.11. The van der Waals surface area contributed by atoms with Gasteiger partial charge in [0.25, 0.3) is 0 Å². The Labute approximate surface area is 74.7 Å². The zero-order valence-electron chi connectivity index (χ0n) is 7.66. The summed E-state index contributed by atoms with van der Waals surface area (Å²) >= 11 is 0. The molecule has 0 aliphatic heterocycles. The third kappa shape index (κ3) is 1.38. The first-order valence-electron chi connectivity index (χ1n) is 4.95. The molecule has 12 heavy (non-hydrogen) atoms. The first-order chi connectivity index (χ1) is 5.90. The highest BCUT2D eigenvalue weighted by Gasteiger charge is 2.20. The molecule has 2 aliphatic carbocycles. The summed E-state index contributed by atoms with van der Waals surface area (Å²) in [5.74, 6) is 1.66. The molecule has 0 saturated heterocycles. The van der Waals surface area contributed by atoms with Crippen molar-refractivity contribution in [3.8, 4) is 0 Å². The van der Waals surface area contributed by atoms with Crippen LogP contribution in [-0.2, 0) is 0 Å². The van der Waals surface area contributed by atoms with Gasteiger partial charge in [-0.2, -0.15) is 0 Å². The summed E-state index contributed by atoms with van der Waals surface area (Å²) in [6.45, 7) is 2.28. The van der Waals surface area contributed by atoms with Gasteiger partial charge >= 0.3 is 0 Å². The van der Waals surface area contributed by atoms with Crippen LogP contribution in [0.25, 0.3) is 0 Å². The molecule has 0 aromatic carbocycles. The van der Waals surface area contributed by atoms with Crippen molar-refractivity contribution in [2.24, 2.45) is 11.8 Å². The molecule has 0 radical (unpaired) electrons. The van der Waals surface area contributed by atoms with E-state index >= 15 is 0 Å². The molecule has 0 saturated carbocycles. The van der Waals surface area contributed by atoms with Crippen molar-refractivity contribution < 1.29 is 0 Å². The average molecular weight is 160 g/mol. The molecule has 0 spiro atoms. The van der Waals surface area contributed by atoms with Gasteiger partial charge in [-0.05, 0) is 36.7 Å². The van der Waals surface area contributed by atoms with Gasteiger partial charge in [-0.15, -0.1) is 0 Å². The van der Waals surface area contributed by atoms with Crippen LogP contribution < -0.4 is 0 Å². The van der Waals surface area contributed by atoms with E-state index in [0.29, 0.717) is 0 Å². The van der Waals surface area contributed by atoms with E-state index in [0.717, 1.165) is 11.8 Å². The van der Waals surface area contributed by atoms with E-state index in [1.165, 1.54) is 19.3 Å². The molecule has 0 N–H and O–H groups in total. The molecule has 2 rings (SSSR count). The van der Waals surface area contributed by atoms with Crippen molar-refractivity contribution in [2.75, 3.05) is 0 Å². The van der Waals surface area contributed by atoms with E-state index in [4.69, 9.17) is 0 Å². The smallest absolute Gasteiger partial charge is 0.0122 e. The van der Waals surface area contributed by atoms with Crippen molar-refractivity contribution in [3.63, 3.8) is 0 Å². The summed E-state index contributed by atoms with van der Waals surface area (Å²) in [7, 11) is 0. The molecular weight excluding hydrogens is 144 g/mol. The van der Waals surface area contributed by atoms with Gasteiger partial charge in [0.15, 0.2) is 0 Å². The van der Waals surface area contributed by atoms with E-state index < -0.39 is 0 Å². The normalized spacial score (nSPS) is 32.9. The molecule has 0 heterocycles. The first-order valence-corrected chi connectivity index (χ1v) is 4.95. The van der Waals surface area contributed by atoms with Gasteiger partial charge in [0.1, 0.15) is 0 Å². The summed E-state index contributed by atoms with van der Waals surface area (Å²) in [6.07, 6.45) is 15.4. The van der Waals surface area contributed by atoms with E-state index in [9.17, 15) is 0 Å². The van der Waals surface area contributed by atoms with Gasteiger partial charge < -0.3 is 0 Å². The van der Waals surface area contributed by atoms with Crippen molar-refractivity contribution in [1.82, 2.24) is 0 Å². The summed E-state index contributed by atoms with van der Waals surface area (Å²) in [4.78, 5) is 0. The Bertz CT molecular complexity index is 243. The average Bonchev–Trinajstić information content (AvgIpc) is 2.17. The minimum absolute atomic E-state index is 0.824. The largest absolute Gasteiger partial charge is 0.0839 e. The van der Waals surface area contributed by atoms with Crippen LogP contribution >= 0.6 is 0 Å². The number of hydrogen-bond donors (Lipinski definition) is 0. The number of allylic oxidation sites excluding steroid dienone is 6. The standard InChI is InChI=1S/C12H16/c1-2-10-7-8-11-5-3-4-6-12(11)9-10/h3-5,7-8,10,12H,2,6,9H2,1H3. The zero-order valence-corrected chi connectivity index (χ0v) is 7.66. The number of hydrogen-bond acceptors (Lipinski definition) is 0. The van der Waals surface area contributed by atoms with Crippen LogP contribution in [0.1, 0.15) is 26.2 Å². The number of fused-ring (bicyclic) bond motifs is 1. The fourth-order valence-corrected chi connectivity index (χ4v) is 2.11. The fraction of sp³-hybridized carbons (Fsp3) is 0.500. The van der Waals surface area contributed by atoms with Gasteiger partial charge in [0.05, 0.1) is 0 Å². The van der Waals surface area contributed by atoms with E-state index in [1.54, 1.807) is 5.57 Å². The minimum atomic E-state index is 0.824. The maximum absolute atomic E-state index is 2.38. The quantitative estimate of drug-likeness (QED) is 0.551. The maximum Gasteiger partial charge on any atom is -0.0122 e. The molecule has 0 aromatic heterocycles. The highest BCUT2D eigenvalue weighted by molar-refractivity contribution is 5.32. The van der Waals surface area contributed by atoms with Crippen LogP contribution in [0.3, 0.4) is 0 Å². The van der Waals surface area contributed by atoms with Crippen LogP contribution in [0.5, 0.6) is 0 Å². The van der Waals surface area contributed by atoms with Gasteiger partial charge in [-0.1, -0.05) is 37.3 Å². The Kier molecular flexibility index (Phi) is 2.16. The second kappa shape index (κ2) is 3.30. The maximum atomic E-state index is 2.38. The molecule has 0 aromatic rings. The topological polar surface area (TPSA) is 0 Å². The van der Waals surface area contributed by atoms with Crippen LogP contribution in [0, 0.1) is 11.8 Å². The molecule has 0 nitrogen and oxygen atoms in total. The van der Waals surface area contributed by atoms with Crippen molar-refractivity contribution >= 4 is 0 Å². The van der Waals surface area contributed by atoms with Gasteiger partial charge in [-0.25, -0.2) is 0 Å². The second-order valence-corrected chi connectivity index (χ2v) is 3.79. The Morgan fingerprint density at radius 3 is 3.25 bits per heavy atom. The highest BCUT2D eigenvalue weighted by Crippen LogP contribution is 2.33. The lowest BCUT2D eigenvalue weighted by Crippen LogP contribution is -2.14. The zero-order chi connectivity index (χ0) is 8.39. The SMILES string of the molecule is CCC1C=CC2=CC=CCC2C1. The predicted molar refractivity (Wildman–Crippen MR) is 52.9 cm³/mol. The Morgan fingerprint density at radius 1 is 1.50 bits per heavy atom. The lowest BCUT2D eigenvalue weighted by atomic mass is 9.78. The monoisotopic (exact) mass is 160 g/mol. The van der Waals surface area contributed by atoms with E-state index in [1.807, 2.05) is 0 Å².